The quantitative estimate of drug-likeness (QED) is 0.836. The summed E-state index contributed by atoms with van der Waals surface area (Å²) in [4.78, 5) is 2.38. The van der Waals surface area contributed by atoms with Crippen LogP contribution in [0.2, 0.25) is 0 Å². The van der Waals surface area contributed by atoms with E-state index in [1.165, 1.54) is 5.56 Å². The molecule has 0 spiro atoms. The molecule has 0 saturated heterocycles. The van der Waals surface area contributed by atoms with Crippen molar-refractivity contribution in [1.29, 1.82) is 0 Å². The van der Waals surface area contributed by atoms with Gasteiger partial charge in [0.1, 0.15) is 0 Å². The van der Waals surface area contributed by atoms with Gasteiger partial charge in [-0.15, -0.1) is 0 Å². The zero-order valence-electron chi connectivity index (χ0n) is 10.1. The summed E-state index contributed by atoms with van der Waals surface area (Å²) >= 11 is 0. The molecule has 16 heavy (non-hydrogen) atoms. The largest absolute Gasteiger partial charge is 0.393 e. The first kappa shape index (κ1) is 11.6. The normalized spacial score (nSPS) is 26.2. The summed E-state index contributed by atoms with van der Waals surface area (Å²) in [5.41, 5.74) is 1.26. The molecule has 0 bridgehead atoms. The van der Waals surface area contributed by atoms with Crippen LogP contribution in [0.5, 0.6) is 0 Å². The van der Waals surface area contributed by atoms with E-state index < -0.39 is 0 Å². The number of aliphatic hydroxyl groups is 1. The van der Waals surface area contributed by atoms with Crippen molar-refractivity contribution in [1.82, 2.24) is 14.7 Å². The van der Waals surface area contributed by atoms with E-state index in [1.54, 1.807) is 0 Å². The van der Waals surface area contributed by atoms with Crippen LogP contribution in [-0.2, 0) is 13.6 Å². The lowest BCUT2D eigenvalue weighted by Crippen LogP contribution is -2.35. The highest BCUT2D eigenvalue weighted by Crippen LogP contribution is 2.23. The molecule has 4 heteroatoms. The van der Waals surface area contributed by atoms with Crippen molar-refractivity contribution >= 4 is 0 Å². The van der Waals surface area contributed by atoms with Crippen molar-refractivity contribution in [2.45, 2.75) is 44.4 Å². The average Bonchev–Trinajstić information content (AvgIpc) is 2.65. The van der Waals surface area contributed by atoms with E-state index in [-0.39, 0.29) is 6.10 Å². The van der Waals surface area contributed by atoms with Crippen molar-refractivity contribution in [2.24, 2.45) is 7.05 Å². The van der Waals surface area contributed by atoms with Crippen LogP contribution in [0, 0.1) is 0 Å². The van der Waals surface area contributed by atoms with Gasteiger partial charge in [-0.25, -0.2) is 0 Å². The molecule has 1 saturated carbocycles. The van der Waals surface area contributed by atoms with Crippen molar-refractivity contribution in [3.8, 4) is 0 Å². The average molecular weight is 223 g/mol. The maximum atomic E-state index is 9.47. The van der Waals surface area contributed by atoms with Gasteiger partial charge in [0.15, 0.2) is 0 Å². The third kappa shape index (κ3) is 2.83. The van der Waals surface area contributed by atoms with Gasteiger partial charge in [-0.1, -0.05) is 0 Å². The Morgan fingerprint density at radius 2 is 2.12 bits per heavy atom. The van der Waals surface area contributed by atoms with E-state index in [0.29, 0.717) is 6.04 Å². The molecular formula is C12H21N3O. The summed E-state index contributed by atoms with van der Waals surface area (Å²) < 4.78 is 1.84. The lowest BCUT2D eigenvalue weighted by Gasteiger charge is -2.32. The van der Waals surface area contributed by atoms with E-state index in [1.807, 2.05) is 17.9 Å². The monoisotopic (exact) mass is 223 g/mol. The summed E-state index contributed by atoms with van der Waals surface area (Å²) in [6.45, 7) is 0.953. The molecule has 0 aliphatic heterocycles. The zero-order valence-corrected chi connectivity index (χ0v) is 10.1. The number of aromatic nitrogens is 2. The van der Waals surface area contributed by atoms with Crippen LogP contribution >= 0.6 is 0 Å². The highest BCUT2D eigenvalue weighted by atomic mass is 16.3. The van der Waals surface area contributed by atoms with Gasteiger partial charge in [0.25, 0.3) is 0 Å². The highest BCUT2D eigenvalue weighted by Gasteiger charge is 2.22. The number of hydrogen-bond acceptors (Lipinski definition) is 3. The van der Waals surface area contributed by atoms with E-state index in [2.05, 4.69) is 23.2 Å². The van der Waals surface area contributed by atoms with Gasteiger partial charge in [-0.3, -0.25) is 9.58 Å². The summed E-state index contributed by atoms with van der Waals surface area (Å²) in [7, 11) is 4.11. The fourth-order valence-corrected chi connectivity index (χ4v) is 2.47. The van der Waals surface area contributed by atoms with Gasteiger partial charge < -0.3 is 5.11 Å². The summed E-state index contributed by atoms with van der Waals surface area (Å²) in [5.74, 6) is 0. The standard InChI is InChI=1S/C12H21N3O/c1-14(8-10-7-13-15(2)9-10)11-3-5-12(16)6-4-11/h7,9,11-12,16H,3-6,8H2,1-2H3. The molecule has 1 N–H and O–H groups in total. The molecule has 0 radical (unpaired) electrons. The Morgan fingerprint density at radius 1 is 1.44 bits per heavy atom. The molecule has 0 aromatic carbocycles. The summed E-state index contributed by atoms with van der Waals surface area (Å²) in [6, 6.07) is 0.614. The zero-order chi connectivity index (χ0) is 11.5. The number of nitrogens with zero attached hydrogens (tertiary/aromatic N) is 3. The molecule has 0 atom stereocenters. The van der Waals surface area contributed by atoms with E-state index in [9.17, 15) is 5.11 Å². The molecule has 1 fully saturated rings. The van der Waals surface area contributed by atoms with Crippen LogP contribution in [0.15, 0.2) is 12.4 Å². The first-order valence-corrected chi connectivity index (χ1v) is 6.01. The minimum absolute atomic E-state index is 0.0666. The lowest BCUT2D eigenvalue weighted by atomic mass is 9.92. The van der Waals surface area contributed by atoms with Crippen LogP contribution in [0.3, 0.4) is 0 Å². The minimum atomic E-state index is -0.0666. The Bertz CT molecular complexity index is 329. The second-order valence-electron chi connectivity index (χ2n) is 4.90. The molecule has 1 aromatic rings. The number of hydrogen-bond donors (Lipinski definition) is 1. The topological polar surface area (TPSA) is 41.3 Å². The Hall–Kier alpha value is -0.870. The molecule has 90 valence electrons. The predicted octanol–water partition coefficient (Wildman–Crippen LogP) is 1.16. The molecule has 1 heterocycles. The minimum Gasteiger partial charge on any atom is -0.393 e. The van der Waals surface area contributed by atoms with Gasteiger partial charge in [0, 0.05) is 31.4 Å². The molecule has 4 nitrogen and oxygen atoms in total. The molecule has 1 aliphatic rings. The molecule has 0 amide bonds. The second-order valence-corrected chi connectivity index (χ2v) is 4.90. The van der Waals surface area contributed by atoms with Crippen LogP contribution in [0.1, 0.15) is 31.2 Å². The first-order chi connectivity index (χ1) is 7.65. The maximum absolute atomic E-state index is 9.47. The first-order valence-electron chi connectivity index (χ1n) is 6.01. The van der Waals surface area contributed by atoms with Crippen molar-refractivity contribution in [2.75, 3.05) is 7.05 Å². The van der Waals surface area contributed by atoms with Crippen LogP contribution < -0.4 is 0 Å². The van der Waals surface area contributed by atoms with Gasteiger partial charge in [0.2, 0.25) is 0 Å². The Kier molecular flexibility index (Phi) is 3.61. The van der Waals surface area contributed by atoms with Gasteiger partial charge >= 0.3 is 0 Å². The van der Waals surface area contributed by atoms with Crippen LogP contribution in [-0.4, -0.2) is 39.0 Å². The van der Waals surface area contributed by atoms with E-state index in [4.69, 9.17) is 0 Å². The molecule has 2 rings (SSSR count). The second kappa shape index (κ2) is 4.97. The predicted molar refractivity (Wildman–Crippen MR) is 62.9 cm³/mol. The number of aryl methyl sites for hydroxylation is 1. The van der Waals surface area contributed by atoms with E-state index in [0.717, 1.165) is 32.2 Å². The van der Waals surface area contributed by atoms with Crippen LogP contribution in [0.25, 0.3) is 0 Å². The maximum Gasteiger partial charge on any atom is 0.0541 e. The number of aliphatic hydroxyl groups excluding tert-OH is 1. The summed E-state index contributed by atoms with van der Waals surface area (Å²) in [5, 5.41) is 13.6. The third-order valence-electron chi connectivity index (χ3n) is 3.48. The Balaban J connectivity index is 1.85. The molecule has 0 unspecified atom stereocenters. The lowest BCUT2D eigenvalue weighted by molar-refractivity contribution is 0.0818. The van der Waals surface area contributed by atoms with Crippen LogP contribution in [0.4, 0.5) is 0 Å². The van der Waals surface area contributed by atoms with Gasteiger partial charge in [-0.2, -0.15) is 5.10 Å². The molecule has 1 aliphatic carbocycles. The smallest absolute Gasteiger partial charge is 0.0541 e. The van der Waals surface area contributed by atoms with Crippen molar-refractivity contribution in [3.05, 3.63) is 18.0 Å². The summed E-state index contributed by atoms with van der Waals surface area (Å²) in [6.07, 6.45) is 8.03. The SMILES string of the molecule is CN(Cc1cnn(C)c1)C1CCC(O)CC1. The Morgan fingerprint density at radius 3 is 2.69 bits per heavy atom. The fourth-order valence-electron chi connectivity index (χ4n) is 2.47. The van der Waals surface area contributed by atoms with E-state index >= 15 is 0 Å². The molecular weight excluding hydrogens is 202 g/mol. The van der Waals surface area contributed by atoms with Crippen molar-refractivity contribution in [3.63, 3.8) is 0 Å². The van der Waals surface area contributed by atoms with Gasteiger partial charge in [0.05, 0.1) is 12.3 Å². The fraction of sp³-hybridized carbons (Fsp3) is 0.750. The third-order valence-corrected chi connectivity index (χ3v) is 3.48. The van der Waals surface area contributed by atoms with Gasteiger partial charge in [-0.05, 0) is 32.7 Å². The number of rotatable bonds is 3. The Labute approximate surface area is 96.9 Å². The molecule has 1 aromatic heterocycles. The van der Waals surface area contributed by atoms with Crippen molar-refractivity contribution < 1.29 is 5.11 Å². The highest BCUT2D eigenvalue weighted by molar-refractivity contribution is 5.03.